The molecule has 0 saturated heterocycles. The predicted molar refractivity (Wildman–Crippen MR) is 112 cm³/mol. The van der Waals surface area contributed by atoms with E-state index in [4.69, 9.17) is 0 Å². The Morgan fingerprint density at radius 3 is 2.56 bits per heavy atom. The largest absolute Gasteiger partial charge is 0.342 e. The summed E-state index contributed by atoms with van der Waals surface area (Å²) in [5.74, 6) is 3.05. The molecule has 0 aliphatic heterocycles. The van der Waals surface area contributed by atoms with E-state index in [1.54, 1.807) is 0 Å². The summed E-state index contributed by atoms with van der Waals surface area (Å²) in [6, 6.07) is 0. The van der Waals surface area contributed by atoms with Gasteiger partial charge in [0.05, 0.1) is 0 Å². The Labute approximate surface area is 167 Å². The van der Waals surface area contributed by atoms with Crippen LogP contribution in [0, 0.1) is 29.6 Å². The number of unbranched alkanes of at least 4 members (excludes halogenated alkanes) is 1. The third kappa shape index (κ3) is 6.19. The minimum absolute atomic E-state index is 0.182. The lowest BCUT2D eigenvalue weighted by Gasteiger charge is -2.34. The number of carbonyl (C=O) groups excluding carboxylic acids is 2. The Bertz CT molecular complexity index is 536. The number of Topliss-reactive ketones (excluding diaryl/α,β-unsaturated/α-hetero) is 1. The number of allylic oxidation sites excluding steroid dienone is 1. The van der Waals surface area contributed by atoms with Gasteiger partial charge >= 0.3 is 0 Å². The van der Waals surface area contributed by atoms with Crippen LogP contribution in [0.1, 0.15) is 85.5 Å². The van der Waals surface area contributed by atoms with E-state index < -0.39 is 0 Å². The van der Waals surface area contributed by atoms with Crippen molar-refractivity contribution in [1.29, 1.82) is 0 Å². The summed E-state index contributed by atoms with van der Waals surface area (Å²) < 4.78 is 0. The molecule has 0 radical (unpaired) electrons. The van der Waals surface area contributed by atoms with E-state index in [1.165, 1.54) is 25.7 Å². The standard InChI is InChI=1S/C24H41NO2/c1-6-18(4)23(17(2)3)22(26)12-7-8-13-25(5)24(27)21-15-19-10-9-11-20(14-19)16-21/h15,17-20,23H,6-14,16H2,1-5H3. The average Bonchev–Trinajstić information content (AvgIpc) is 2.63. The van der Waals surface area contributed by atoms with E-state index >= 15 is 0 Å². The van der Waals surface area contributed by atoms with Gasteiger partial charge in [0.15, 0.2) is 0 Å². The fraction of sp³-hybridized carbons (Fsp3) is 0.833. The number of nitrogens with zero attached hydrogens (tertiary/aromatic N) is 1. The Balaban J connectivity index is 1.75. The zero-order valence-corrected chi connectivity index (χ0v) is 18.3. The first-order valence-corrected chi connectivity index (χ1v) is 11.3. The van der Waals surface area contributed by atoms with Gasteiger partial charge in [0.25, 0.3) is 0 Å². The molecule has 1 saturated carbocycles. The first kappa shape index (κ1) is 22.2. The van der Waals surface area contributed by atoms with Gasteiger partial charge in [-0.2, -0.15) is 0 Å². The molecule has 0 aromatic heterocycles. The van der Waals surface area contributed by atoms with Crippen molar-refractivity contribution in [2.24, 2.45) is 29.6 Å². The van der Waals surface area contributed by atoms with Gasteiger partial charge in [-0.15, -0.1) is 0 Å². The molecular weight excluding hydrogens is 334 g/mol. The fourth-order valence-electron chi connectivity index (χ4n) is 5.25. The zero-order chi connectivity index (χ0) is 20.0. The second-order valence-electron chi connectivity index (χ2n) is 9.49. The predicted octanol–water partition coefficient (Wildman–Crippen LogP) is 5.64. The summed E-state index contributed by atoms with van der Waals surface area (Å²) >= 11 is 0. The summed E-state index contributed by atoms with van der Waals surface area (Å²) in [5.41, 5.74) is 1.05. The van der Waals surface area contributed by atoms with Crippen LogP contribution in [-0.2, 0) is 9.59 Å². The van der Waals surface area contributed by atoms with Crippen molar-refractivity contribution in [2.75, 3.05) is 13.6 Å². The molecule has 27 heavy (non-hydrogen) atoms. The highest BCUT2D eigenvalue weighted by Gasteiger charge is 2.30. The van der Waals surface area contributed by atoms with Crippen molar-refractivity contribution in [3.8, 4) is 0 Å². The quantitative estimate of drug-likeness (QED) is 0.463. The zero-order valence-electron chi connectivity index (χ0n) is 18.3. The third-order valence-electron chi connectivity index (χ3n) is 6.90. The molecule has 4 atom stereocenters. The van der Waals surface area contributed by atoms with Gasteiger partial charge in [-0.25, -0.2) is 0 Å². The molecule has 3 nitrogen and oxygen atoms in total. The van der Waals surface area contributed by atoms with Gasteiger partial charge in [0.2, 0.25) is 5.91 Å². The first-order chi connectivity index (χ1) is 12.8. The Kier molecular flexibility index (Phi) is 8.57. The van der Waals surface area contributed by atoms with E-state index in [9.17, 15) is 9.59 Å². The molecule has 1 amide bonds. The number of rotatable bonds is 10. The van der Waals surface area contributed by atoms with E-state index in [1.807, 2.05) is 11.9 Å². The normalized spacial score (nSPS) is 24.3. The van der Waals surface area contributed by atoms with Crippen LogP contribution >= 0.6 is 0 Å². The van der Waals surface area contributed by atoms with E-state index in [0.717, 1.165) is 43.7 Å². The minimum atomic E-state index is 0.182. The molecule has 1 fully saturated rings. The van der Waals surface area contributed by atoms with Crippen LogP contribution in [-0.4, -0.2) is 30.2 Å². The van der Waals surface area contributed by atoms with Crippen molar-refractivity contribution in [2.45, 2.75) is 85.5 Å². The molecule has 0 heterocycles. The Morgan fingerprint density at radius 2 is 1.93 bits per heavy atom. The summed E-state index contributed by atoms with van der Waals surface area (Å²) in [5, 5.41) is 0. The summed E-state index contributed by atoms with van der Waals surface area (Å²) in [7, 11) is 1.92. The van der Waals surface area contributed by atoms with Crippen molar-refractivity contribution in [3.05, 3.63) is 11.6 Å². The minimum Gasteiger partial charge on any atom is -0.342 e. The van der Waals surface area contributed by atoms with Gasteiger partial charge < -0.3 is 4.90 Å². The number of fused-ring (bicyclic) bond motifs is 2. The van der Waals surface area contributed by atoms with Gasteiger partial charge in [0.1, 0.15) is 5.78 Å². The first-order valence-electron chi connectivity index (χ1n) is 11.3. The van der Waals surface area contributed by atoms with Crippen molar-refractivity contribution >= 4 is 11.7 Å². The number of amides is 1. The summed E-state index contributed by atoms with van der Waals surface area (Å²) in [6.07, 6.45) is 11.9. The monoisotopic (exact) mass is 375 g/mol. The second-order valence-corrected chi connectivity index (χ2v) is 9.49. The second kappa shape index (κ2) is 10.4. The molecule has 0 aromatic carbocycles. The van der Waals surface area contributed by atoms with Crippen LogP contribution in [0.4, 0.5) is 0 Å². The highest BCUT2D eigenvalue weighted by atomic mass is 16.2. The molecule has 0 spiro atoms. The van der Waals surface area contributed by atoms with Crippen LogP contribution in [0.5, 0.6) is 0 Å². The van der Waals surface area contributed by atoms with Gasteiger partial charge in [0, 0.05) is 31.5 Å². The van der Waals surface area contributed by atoms with Crippen LogP contribution in [0.3, 0.4) is 0 Å². The smallest absolute Gasteiger partial charge is 0.249 e. The van der Waals surface area contributed by atoms with Crippen molar-refractivity contribution < 1.29 is 9.59 Å². The van der Waals surface area contributed by atoms with Crippen LogP contribution in [0.2, 0.25) is 0 Å². The molecule has 2 aliphatic carbocycles. The maximum atomic E-state index is 12.8. The lowest BCUT2D eigenvalue weighted by Crippen LogP contribution is -2.32. The molecule has 0 aromatic rings. The number of hydrogen-bond donors (Lipinski definition) is 0. The number of hydrogen-bond acceptors (Lipinski definition) is 2. The van der Waals surface area contributed by atoms with E-state index in [-0.39, 0.29) is 11.8 Å². The molecule has 4 unspecified atom stereocenters. The van der Waals surface area contributed by atoms with Crippen LogP contribution < -0.4 is 0 Å². The SMILES string of the molecule is CCC(C)C(C(=O)CCCCN(C)C(=O)C1=CC2CCCC(C1)C2)C(C)C. The average molecular weight is 376 g/mol. The van der Waals surface area contributed by atoms with Gasteiger partial charge in [-0.05, 0) is 55.8 Å². The molecule has 154 valence electrons. The molecule has 0 N–H and O–H groups in total. The Hall–Kier alpha value is -1.12. The molecule has 2 rings (SSSR count). The maximum Gasteiger partial charge on any atom is 0.249 e. The molecule has 2 aliphatic rings. The topological polar surface area (TPSA) is 37.4 Å². The maximum absolute atomic E-state index is 12.8. The number of ketones is 1. The number of carbonyl (C=O) groups is 2. The van der Waals surface area contributed by atoms with Crippen molar-refractivity contribution in [1.82, 2.24) is 4.90 Å². The number of likely N-dealkylation sites (N-methyl/N-ethyl adjacent to an activating group) is 1. The van der Waals surface area contributed by atoms with Gasteiger partial charge in [-0.1, -0.05) is 53.0 Å². The Morgan fingerprint density at radius 1 is 1.19 bits per heavy atom. The fourth-order valence-corrected chi connectivity index (χ4v) is 5.25. The van der Waals surface area contributed by atoms with Crippen molar-refractivity contribution in [3.63, 3.8) is 0 Å². The van der Waals surface area contributed by atoms with Crippen LogP contribution in [0.25, 0.3) is 0 Å². The lowest BCUT2D eigenvalue weighted by atomic mass is 9.73. The van der Waals surface area contributed by atoms with E-state index in [0.29, 0.717) is 30.0 Å². The van der Waals surface area contributed by atoms with Crippen LogP contribution in [0.15, 0.2) is 11.6 Å². The summed E-state index contributed by atoms with van der Waals surface area (Å²) in [4.78, 5) is 27.3. The highest BCUT2D eigenvalue weighted by Crippen LogP contribution is 2.39. The van der Waals surface area contributed by atoms with E-state index in [2.05, 4.69) is 33.8 Å². The van der Waals surface area contributed by atoms with Gasteiger partial charge in [-0.3, -0.25) is 9.59 Å². The summed E-state index contributed by atoms with van der Waals surface area (Å²) in [6.45, 7) is 9.45. The lowest BCUT2D eigenvalue weighted by molar-refractivity contribution is -0.126. The molecule has 3 heteroatoms. The molecule has 2 bridgehead atoms. The molecular formula is C24H41NO2. The highest BCUT2D eigenvalue weighted by molar-refractivity contribution is 5.93. The third-order valence-corrected chi connectivity index (χ3v) is 6.90.